The highest BCUT2D eigenvalue weighted by molar-refractivity contribution is 5.94. The summed E-state index contributed by atoms with van der Waals surface area (Å²) in [4.78, 5) is 11.4. The Hall–Kier alpha value is -1.45. The van der Waals surface area contributed by atoms with E-state index < -0.39 is 11.7 Å². The van der Waals surface area contributed by atoms with Gasteiger partial charge in [-0.15, -0.1) is 0 Å². The van der Waals surface area contributed by atoms with Crippen molar-refractivity contribution in [1.29, 1.82) is 0 Å². The van der Waals surface area contributed by atoms with Crippen molar-refractivity contribution in [1.82, 2.24) is 0 Å². The molecule has 0 aromatic heterocycles. The van der Waals surface area contributed by atoms with Crippen LogP contribution >= 0.6 is 0 Å². The van der Waals surface area contributed by atoms with E-state index >= 15 is 0 Å². The number of hydrogen-bond donors (Lipinski definition) is 0. The van der Waals surface area contributed by atoms with E-state index in [0.717, 1.165) is 0 Å². The summed E-state index contributed by atoms with van der Waals surface area (Å²) in [5, 5.41) is 0. The fourth-order valence-corrected chi connectivity index (χ4v) is 2.09. The van der Waals surface area contributed by atoms with E-state index in [1.807, 2.05) is 6.08 Å². The van der Waals surface area contributed by atoms with Gasteiger partial charge in [0.25, 0.3) is 6.29 Å². The summed E-state index contributed by atoms with van der Waals surface area (Å²) in [7, 11) is 0. The Bertz CT molecular complexity index is 355. The average Bonchev–Trinajstić information content (AvgIpc) is 2.65. The van der Waals surface area contributed by atoms with Crippen molar-refractivity contribution in [3.05, 3.63) is 23.7 Å². The van der Waals surface area contributed by atoms with Gasteiger partial charge in [0.1, 0.15) is 17.8 Å². The number of allylic oxidation sites excluding steroid dienone is 1. The summed E-state index contributed by atoms with van der Waals surface area (Å²) in [5.74, 6) is 0.340. The SMILES string of the molecule is CC1=C2C(=O)OCC23C=COC3O1. The Morgan fingerprint density at radius 3 is 3.31 bits per heavy atom. The van der Waals surface area contributed by atoms with Crippen molar-refractivity contribution in [2.45, 2.75) is 13.2 Å². The lowest BCUT2D eigenvalue weighted by molar-refractivity contribution is -0.137. The fourth-order valence-electron chi connectivity index (χ4n) is 2.09. The van der Waals surface area contributed by atoms with Gasteiger partial charge in [-0.1, -0.05) is 0 Å². The fraction of sp³-hybridized carbons (Fsp3) is 0.444. The monoisotopic (exact) mass is 180 g/mol. The van der Waals surface area contributed by atoms with E-state index in [-0.39, 0.29) is 5.97 Å². The molecule has 1 saturated heterocycles. The topological polar surface area (TPSA) is 44.8 Å². The minimum Gasteiger partial charge on any atom is -0.461 e. The second-order valence-electron chi connectivity index (χ2n) is 3.44. The second-order valence-corrected chi connectivity index (χ2v) is 3.44. The molecule has 13 heavy (non-hydrogen) atoms. The molecule has 2 atom stereocenters. The molecule has 1 fully saturated rings. The van der Waals surface area contributed by atoms with Gasteiger partial charge in [-0.05, 0) is 13.0 Å². The van der Waals surface area contributed by atoms with Crippen molar-refractivity contribution in [2.24, 2.45) is 5.41 Å². The van der Waals surface area contributed by atoms with Gasteiger partial charge in [0.05, 0.1) is 11.8 Å². The quantitative estimate of drug-likeness (QED) is 0.515. The van der Waals surface area contributed by atoms with Crippen LogP contribution in [0.3, 0.4) is 0 Å². The highest BCUT2D eigenvalue weighted by atomic mass is 16.7. The third-order valence-corrected chi connectivity index (χ3v) is 2.74. The smallest absolute Gasteiger partial charge is 0.338 e. The molecule has 0 N–H and O–H groups in total. The molecule has 0 amide bonds. The maximum absolute atomic E-state index is 11.4. The van der Waals surface area contributed by atoms with E-state index in [0.29, 0.717) is 17.9 Å². The molecule has 2 unspecified atom stereocenters. The van der Waals surface area contributed by atoms with E-state index in [1.54, 1.807) is 13.2 Å². The van der Waals surface area contributed by atoms with E-state index in [9.17, 15) is 4.79 Å². The number of ether oxygens (including phenoxy) is 3. The first-order valence-electron chi connectivity index (χ1n) is 4.12. The number of esters is 1. The van der Waals surface area contributed by atoms with Crippen LogP contribution in [0.2, 0.25) is 0 Å². The van der Waals surface area contributed by atoms with Gasteiger partial charge in [-0.25, -0.2) is 4.79 Å². The summed E-state index contributed by atoms with van der Waals surface area (Å²) in [6.07, 6.45) is 3.02. The molecule has 0 aromatic carbocycles. The van der Waals surface area contributed by atoms with Crippen LogP contribution in [0.4, 0.5) is 0 Å². The van der Waals surface area contributed by atoms with Gasteiger partial charge in [0.2, 0.25) is 0 Å². The summed E-state index contributed by atoms with van der Waals surface area (Å²) in [6, 6.07) is 0. The lowest BCUT2D eigenvalue weighted by Gasteiger charge is -2.18. The molecule has 3 aliphatic rings. The number of cyclic esters (lactones) is 1. The third kappa shape index (κ3) is 0.610. The van der Waals surface area contributed by atoms with Crippen LogP contribution in [0.1, 0.15) is 6.92 Å². The van der Waals surface area contributed by atoms with Crippen LogP contribution in [-0.4, -0.2) is 18.9 Å². The van der Waals surface area contributed by atoms with Crippen LogP contribution in [0.15, 0.2) is 23.7 Å². The second kappa shape index (κ2) is 1.89. The van der Waals surface area contributed by atoms with Crippen LogP contribution in [0, 0.1) is 5.41 Å². The van der Waals surface area contributed by atoms with Gasteiger partial charge in [-0.3, -0.25) is 0 Å². The van der Waals surface area contributed by atoms with Gasteiger partial charge in [0, 0.05) is 0 Å². The highest BCUT2D eigenvalue weighted by Crippen LogP contribution is 2.51. The lowest BCUT2D eigenvalue weighted by Crippen LogP contribution is -2.29. The van der Waals surface area contributed by atoms with Crippen molar-refractivity contribution in [2.75, 3.05) is 6.61 Å². The Labute approximate surface area is 74.8 Å². The zero-order valence-electron chi connectivity index (χ0n) is 7.07. The van der Waals surface area contributed by atoms with E-state index in [2.05, 4.69) is 0 Å². The van der Waals surface area contributed by atoms with Crippen molar-refractivity contribution < 1.29 is 19.0 Å². The summed E-state index contributed by atoms with van der Waals surface area (Å²) >= 11 is 0. The standard InChI is InChI=1S/C9H8O4/c1-5-6-7(10)12-4-9(6)2-3-11-8(9)13-5/h2-3,8H,4H2,1H3. The zero-order valence-corrected chi connectivity index (χ0v) is 7.07. The minimum absolute atomic E-state index is 0.282. The molecular formula is C9H8O4. The van der Waals surface area contributed by atoms with Gasteiger partial charge in [0.15, 0.2) is 0 Å². The lowest BCUT2D eigenvalue weighted by atomic mass is 9.84. The highest BCUT2D eigenvalue weighted by Gasteiger charge is 2.60. The summed E-state index contributed by atoms with van der Waals surface area (Å²) < 4.78 is 15.6. The Balaban J connectivity index is 2.20. The van der Waals surface area contributed by atoms with E-state index in [4.69, 9.17) is 14.2 Å². The molecule has 4 heteroatoms. The van der Waals surface area contributed by atoms with Gasteiger partial charge < -0.3 is 14.2 Å². The predicted molar refractivity (Wildman–Crippen MR) is 41.2 cm³/mol. The largest absolute Gasteiger partial charge is 0.461 e. The van der Waals surface area contributed by atoms with Crippen LogP contribution in [-0.2, 0) is 19.0 Å². The van der Waals surface area contributed by atoms with Gasteiger partial charge in [-0.2, -0.15) is 0 Å². The molecule has 0 saturated carbocycles. The molecule has 68 valence electrons. The Morgan fingerprint density at radius 2 is 2.46 bits per heavy atom. The molecule has 3 rings (SSSR count). The van der Waals surface area contributed by atoms with Crippen LogP contribution in [0.25, 0.3) is 0 Å². The van der Waals surface area contributed by atoms with Crippen molar-refractivity contribution in [3.63, 3.8) is 0 Å². The number of carbonyl (C=O) groups excluding carboxylic acids is 1. The average molecular weight is 180 g/mol. The van der Waals surface area contributed by atoms with Gasteiger partial charge >= 0.3 is 5.97 Å². The first kappa shape index (κ1) is 7.00. The molecule has 3 aliphatic heterocycles. The first-order valence-corrected chi connectivity index (χ1v) is 4.12. The van der Waals surface area contributed by atoms with Crippen molar-refractivity contribution >= 4 is 5.97 Å². The normalized spacial score (nSPS) is 39.8. The Kier molecular flexibility index (Phi) is 1.02. The molecule has 0 radical (unpaired) electrons. The maximum atomic E-state index is 11.4. The van der Waals surface area contributed by atoms with Crippen molar-refractivity contribution in [3.8, 4) is 0 Å². The summed E-state index contributed by atoms with van der Waals surface area (Å²) in [6.45, 7) is 2.10. The first-order chi connectivity index (χ1) is 6.24. The molecule has 0 aromatic rings. The molecule has 3 heterocycles. The molecule has 4 nitrogen and oxygen atoms in total. The van der Waals surface area contributed by atoms with E-state index in [1.165, 1.54) is 0 Å². The number of carbonyl (C=O) groups is 1. The number of hydrogen-bond acceptors (Lipinski definition) is 4. The zero-order chi connectivity index (χ0) is 9.05. The molecule has 1 spiro atoms. The maximum Gasteiger partial charge on any atom is 0.338 e. The van der Waals surface area contributed by atoms with Crippen LogP contribution < -0.4 is 0 Å². The molecule has 0 aliphatic carbocycles. The molecule has 0 bridgehead atoms. The predicted octanol–water partition coefficient (Wildman–Crippen LogP) is 0.704. The van der Waals surface area contributed by atoms with Crippen LogP contribution in [0.5, 0.6) is 0 Å². The third-order valence-electron chi connectivity index (χ3n) is 2.74. The Morgan fingerprint density at radius 1 is 1.62 bits per heavy atom. The molecular weight excluding hydrogens is 172 g/mol. The number of rotatable bonds is 0. The summed E-state index contributed by atoms with van der Waals surface area (Å²) in [5.41, 5.74) is 0.160. The minimum atomic E-state index is -0.457.